The van der Waals surface area contributed by atoms with Crippen LogP contribution in [0.4, 0.5) is 11.4 Å². The molecule has 2 aromatic rings. The van der Waals surface area contributed by atoms with E-state index in [2.05, 4.69) is 5.32 Å². The fraction of sp³-hybridized carbons (Fsp3) is 0.261. The van der Waals surface area contributed by atoms with Crippen LogP contribution in [0.2, 0.25) is 0 Å². The first kappa shape index (κ1) is 20.9. The summed E-state index contributed by atoms with van der Waals surface area (Å²) < 4.78 is 0. The molecule has 0 bridgehead atoms. The Balaban J connectivity index is 2.06. The van der Waals surface area contributed by atoms with Gasteiger partial charge < -0.3 is 5.32 Å². The highest BCUT2D eigenvalue weighted by molar-refractivity contribution is 8.04. The van der Waals surface area contributed by atoms with Gasteiger partial charge in [0.05, 0.1) is 16.2 Å². The van der Waals surface area contributed by atoms with Crippen molar-refractivity contribution in [3.63, 3.8) is 0 Å². The minimum atomic E-state index is -0.324. The minimum absolute atomic E-state index is 0.148. The summed E-state index contributed by atoms with van der Waals surface area (Å²) in [6.07, 6.45) is 0. The van der Waals surface area contributed by atoms with Gasteiger partial charge in [-0.05, 0) is 54.8 Å². The quantitative estimate of drug-likeness (QED) is 0.729. The van der Waals surface area contributed by atoms with Crippen LogP contribution in [0.3, 0.4) is 0 Å². The molecule has 1 aliphatic rings. The lowest BCUT2D eigenvalue weighted by atomic mass is 10.1. The Morgan fingerprint density at radius 3 is 2.07 bits per heavy atom. The second-order valence-electron chi connectivity index (χ2n) is 7.42. The number of rotatable bonds is 5. The first-order valence-electron chi connectivity index (χ1n) is 9.43. The molecule has 150 valence electrons. The van der Waals surface area contributed by atoms with E-state index in [1.165, 1.54) is 23.6 Å². The third-order valence-electron chi connectivity index (χ3n) is 4.35. The fourth-order valence-electron chi connectivity index (χ4n) is 3.35. The number of amides is 3. The number of anilines is 2. The van der Waals surface area contributed by atoms with Crippen molar-refractivity contribution in [3.8, 4) is 0 Å². The van der Waals surface area contributed by atoms with Crippen LogP contribution in [-0.2, 0) is 14.4 Å². The molecule has 0 aromatic heterocycles. The average Bonchev–Trinajstić information content (AvgIpc) is 2.84. The van der Waals surface area contributed by atoms with Crippen molar-refractivity contribution in [3.05, 3.63) is 64.1 Å². The number of carbonyl (C=O) groups is 3. The standard InChI is InChI=1S/C23H24N2O3S/c1-13(2)29-21-20(17-6-8-18(9-7-17)24-16(5)26)22(27)25(23(21)28)19-11-14(3)10-15(4)12-19/h6-13H,1-5H3,(H,24,26). The van der Waals surface area contributed by atoms with Crippen molar-refractivity contribution in [2.24, 2.45) is 0 Å². The highest BCUT2D eigenvalue weighted by Crippen LogP contribution is 2.40. The molecule has 1 heterocycles. The van der Waals surface area contributed by atoms with Gasteiger partial charge in [-0.25, -0.2) is 4.90 Å². The molecule has 0 saturated heterocycles. The number of thioether (sulfide) groups is 1. The Hall–Kier alpha value is -2.86. The number of benzene rings is 2. The molecule has 5 nitrogen and oxygen atoms in total. The van der Waals surface area contributed by atoms with E-state index in [0.29, 0.717) is 27.4 Å². The van der Waals surface area contributed by atoms with Crippen LogP contribution in [0.15, 0.2) is 47.4 Å². The lowest BCUT2D eigenvalue weighted by Gasteiger charge is -2.17. The largest absolute Gasteiger partial charge is 0.326 e. The van der Waals surface area contributed by atoms with Crippen molar-refractivity contribution in [1.29, 1.82) is 0 Å². The van der Waals surface area contributed by atoms with Gasteiger partial charge in [-0.1, -0.05) is 32.0 Å². The number of nitrogens with zero attached hydrogens (tertiary/aromatic N) is 1. The third kappa shape index (κ3) is 4.43. The van der Waals surface area contributed by atoms with E-state index in [0.717, 1.165) is 11.1 Å². The molecule has 1 aliphatic heterocycles. The maximum atomic E-state index is 13.4. The second-order valence-corrected chi connectivity index (χ2v) is 9.01. The summed E-state index contributed by atoms with van der Waals surface area (Å²) in [7, 11) is 0. The molecule has 0 atom stereocenters. The number of hydrogen-bond donors (Lipinski definition) is 1. The molecule has 1 N–H and O–H groups in total. The van der Waals surface area contributed by atoms with Gasteiger partial charge in [0.1, 0.15) is 0 Å². The first-order chi connectivity index (χ1) is 13.7. The predicted octanol–water partition coefficient (Wildman–Crippen LogP) is 4.69. The number of nitrogens with one attached hydrogen (secondary N) is 1. The van der Waals surface area contributed by atoms with Gasteiger partial charge in [-0.3, -0.25) is 14.4 Å². The summed E-state index contributed by atoms with van der Waals surface area (Å²) in [5, 5.41) is 2.86. The van der Waals surface area contributed by atoms with E-state index in [4.69, 9.17) is 0 Å². The Kier molecular flexibility index (Phi) is 5.94. The van der Waals surface area contributed by atoms with Crippen LogP contribution < -0.4 is 10.2 Å². The molecule has 0 radical (unpaired) electrons. The van der Waals surface area contributed by atoms with E-state index in [1.807, 2.05) is 45.9 Å². The van der Waals surface area contributed by atoms with Crippen LogP contribution in [0, 0.1) is 13.8 Å². The SMILES string of the molecule is CC(=O)Nc1ccc(C2=C(SC(C)C)C(=O)N(c3cc(C)cc(C)c3)C2=O)cc1. The highest BCUT2D eigenvalue weighted by Gasteiger charge is 2.40. The predicted molar refractivity (Wildman–Crippen MR) is 119 cm³/mol. The number of carbonyl (C=O) groups excluding carboxylic acids is 3. The van der Waals surface area contributed by atoms with E-state index in [-0.39, 0.29) is 23.0 Å². The van der Waals surface area contributed by atoms with Gasteiger partial charge in [0.15, 0.2) is 0 Å². The second kappa shape index (κ2) is 8.25. The molecule has 2 aromatic carbocycles. The highest BCUT2D eigenvalue weighted by atomic mass is 32.2. The van der Waals surface area contributed by atoms with Crippen LogP contribution >= 0.6 is 11.8 Å². The van der Waals surface area contributed by atoms with E-state index in [9.17, 15) is 14.4 Å². The van der Waals surface area contributed by atoms with Gasteiger partial charge in [0.2, 0.25) is 5.91 Å². The summed E-state index contributed by atoms with van der Waals surface area (Å²) in [5.41, 5.74) is 4.28. The van der Waals surface area contributed by atoms with E-state index < -0.39 is 0 Å². The summed E-state index contributed by atoms with van der Waals surface area (Å²) >= 11 is 1.40. The first-order valence-corrected chi connectivity index (χ1v) is 10.3. The smallest absolute Gasteiger partial charge is 0.272 e. The van der Waals surface area contributed by atoms with Gasteiger partial charge in [0, 0.05) is 17.9 Å². The normalized spacial score (nSPS) is 14.2. The van der Waals surface area contributed by atoms with Gasteiger partial charge in [-0.2, -0.15) is 0 Å². The fourth-order valence-corrected chi connectivity index (χ4v) is 4.33. The Morgan fingerprint density at radius 1 is 0.966 bits per heavy atom. The molecule has 0 aliphatic carbocycles. The molecule has 3 amide bonds. The van der Waals surface area contributed by atoms with Gasteiger partial charge in [0.25, 0.3) is 11.8 Å². The topological polar surface area (TPSA) is 66.5 Å². The van der Waals surface area contributed by atoms with Crippen molar-refractivity contribution in [1.82, 2.24) is 0 Å². The van der Waals surface area contributed by atoms with E-state index >= 15 is 0 Å². The molecule has 29 heavy (non-hydrogen) atoms. The Morgan fingerprint density at radius 2 is 1.55 bits per heavy atom. The van der Waals surface area contributed by atoms with E-state index in [1.54, 1.807) is 24.3 Å². The molecule has 0 saturated carbocycles. The van der Waals surface area contributed by atoms with Crippen LogP contribution in [-0.4, -0.2) is 23.0 Å². The molecule has 0 unspecified atom stereocenters. The maximum Gasteiger partial charge on any atom is 0.272 e. The van der Waals surface area contributed by atoms with Crippen LogP contribution in [0.1, 0.15) is 37.5 Å². The number of hydrogen-bond acceptors (Lipinski definition) is 4. The minimum Gasteiger partial charge on any atom is -0.326 e. The molecule has 3 rings (SSSR count). The van der Waals surface area contributed by atoms with Crippen molar-refractivity contribution in [2.75, 3.05) is 10.2 Å². The zero-order valence-electron chi connectivity index (χ0n) is 17.2. The number of aryl methyl sites for hydroxylation is 2. The summed E-state index contributed by atoms with van der Waals surface area (Å²) in [5.74, 6) is -0.781. The van der Waals surface area contributed by atoms with Crippen molar-refractivity contribution < 1.29 is 14.4 Å². The zero-order chi connectivity index (χ0) is 21.3. The van der Waals surface area contributed by atoms with Gasteiger partial charge >= 0.3 is 0 Å². The molecular weight excluding hydrogens is 384 g/mol. The maximum absolute atomic E-state index is 13.4. The van der Waals surface area contributed by atoms with Crippen LogP contribution in [0.5, 0.6) is 0 Å². The Bertz CT molecular complexity index is 1000. The third-order valence-corrected chi connectivity index (χ3v) is 5.44. The summed E-state index contributed by atoms with van der Waals surface area (Å²) in [6.45, 7) is 9.31. The lowest BCUT2D eigenvalue weighted by molar-refractivity contribution is -0.120. The number of imide groups is 1. The molecular formula is C23H24N2O3S. The van der Waals surface area contributed by atoms with Crippen molar-refractivity contribution >= 4 is 46.4 Å². The average molecular weight is 409 g/mol. The van der Waals surface area contributed by atoms with Crippen molar-refractivity contribution in [2.45, 2.75) is 39.9 Å². The summed E-state index contributed by atoms with van der Waals surface area (Å²) in [6, 6.07) is 12.7. The monoisotopic (exact) mass is 408 g/mol. The zero-order valence-corrected chi connectivity index (χ0v) is 18.0. The van der Waals surface area contributed by atoms with Gasteiger partial charge in [-0.15, -0.1) is 11.8 Å². The Labute approximate surface area is 175 Å². The molecule has 0 fully saturated rings. The molecule has 0 spiro atoms. The molecule has 6 heteroatoms. The van der Waals surface area contributed by atoms with Crippen LogP contribution in [0.25, 0.3) is 5.57 Å². The summed E-state index contributed by atoms with van der Waals surface area (Å²) in [4.78, 5) is 39.6. The lowest BCUT2D eigenvalue weighted by Crippen LogP contribution is -2.31.